The predicted molar refractivity (Wildman–Crippen MR) is 62.2 cm³/mol. The number of aliphatic hydroxyl groups is 1. The number of thiophene rings is 1. The Balaban J connectivity index is 2.43. The SMILES string of the molecule is CN(C)C(=O)CCC(O)c1ccc(Cl)s1. The number of carbonyl (C=O) groups excluding carboxylic acids is 1. The number of halogens is 1. The fraction of sp³-hybridized carbons (Fsp3) is 0.500. The summed E-state index contributed by atoms with van der Waals surface area (Å²) in [7, 11) is 3.41. The molecule has 0 aliphatic heterocycles. The number of hydrogen-bond donors (Lipinski definition) is 1. The van der Waals surface area contributed by atoms with Gasteiger partial charge < -0.3 is 10.0 Å². The Morgan fingerprint density at radius 2 is 2.27 bits per heavy atom. The number of amides is 1. The zero-order valence-electron chi connectivity index (χ0n) is 8.74. The first-order valence-electron chi connectivity index (χ1n) is 4.64. The normalized spacial score (nSPS) is 12.5. The van der Waals surface area contributed by atoms with Crippen LogP contribution in [0, 0.1) is 0 Å². The highest BCUT2D eigenvalue weighted by atomic mass is 35.5. The Morgan fingerprint density at radius 3 is 2.73 bits per heavy atom. The summed E-state index contributed by atoms with van der Waals surface area (Å²) in [6.45, 7) is 0. The van der Waals surface area contributed by atoms with Crippen LogP contribution in [0.4, 0.5) is 0 Å². The molecule has 0 bridgehead atoms. The molecular weight excluding hydrogens is 234 g/mol. The molecule has 15 heavy (non-hydrogen) atoms. The summed E-state index contributed by atoms with van der Waals surface area (Å²) in [5.74, 6) is 0.0247. The molecule has 0 radical (unpaired) electrons. The van der Waals surface area contributed by atoms with Gasteiger partial charge in [-0.15, -0.1) is 11.3 Å². The van der Waals surface area contributed by atoms with Crippen molar-refractivity contribution in [2.45, 2.75) is 18.9 Å². The molecule has 1 atom stereocenters. The summed E-state index contributed by atoms with van der Waals surface area (Å²) < 4.78 is 0.656. The first kappa shape index (κ1) is 12.5. The predicted octanol–water partition coefficient (Wildman–Crippen LogP) is 2.30. The molecule has 0 spiro atoms. The lowest BCUT2D eigenvalue weighted by Gasteiger charge is -2.12. The first-order chi connectivity index (χ1) is 7.00. The fourth-order valence-electron chi connectivity index (χ4n) is 1.13. The lowest BCUT2D eigenvalue weighted by molar-refractivity contribution is -0.129. The number of hydrogen-bond acceptors (Lipinski definition) is 3. The lowest BCUT2D eigenvalue weighted by Crippen LogP contribution is -2.21. The van der Waals surface area contributed by atoms with Crippen LogP contribution in [0.3, 0.4) is 0 Å². The highest BCUT2D eigenvalue weighted by Crippen LogP contribution is 2.29. The van der Waals surface area contributed by atoms with Crippen molar-refractivity contribution in [2.75, 3.05) is 14.1 Å². The van der Waals surface area contributed by atoms with Gasteiger partial charge in [0, 0.05) is 25.4 Å². The molecule has 1 N–H and O–H groups in total. The monoisotopic (exact) mass is 247 g/mol. The molecule has 3 nitrogen and oxygen atoms in total. The summed E-state index contributed by atoms with van der Waals surface area (Å²) >= 11 is 7.10. The van der Waals surface area contributed by atoms with E-state index in [0.717, 1.165) is 4.88 Å². The van der Waals surface area contributed by atoms with Crippen molar-refractivity contribution in [2.24, 2.45) is 0 Å². The van der Waals surface area contributed by atoms with Crippen molar-refractivity contribution in [3.05, 3.63) is 21.3 Å². The van der Waals surface area contributed by atoms with Gasteiger partial charge in [0.05, 0.1) is 10.4 Å². The van der Waals surface area contributed by atoms with Crippen LogP contribution >= 0.6 is 22.9 Å². The van der Waals surface area contributed by atoms with E-state index in [1.807, 2.05) is 0 Å². The van der Waals surface area contributed by atoms with E-state index in [1.54, 1.807) is 26.2 Å². The number of nitrogens with zero attached hydrogens (tertiary/aromatic N) is 1. The van der Waals surface area contributed by atoms with Gasteiger partial charge >= 0.3 is 0 Å². The molecule has 0 aromatic carbocycles. The van der Waals surface area contributed by atoms with Gasteiger partial charge in [0.15, 0.2) is 0 Å². The van der Waals surface area contributed by atoms with Gasteiger partial charge in [0.2, 0.25) is 5.91 Å². The van der Waals surface area contributed by atoms with Crippen LogP contribution < -0.4 is 0 Å². The third-order valence-electron chi connectivity index (χ3n) is 2.05. The van der Waals surface area contributed by atoms with Crippen molar-refractivity contribution in [1.82, 2.24) is 4.90 Å². The molecule has 0 saturated carbocycles. The maximum Gasteiger partial charge on any atom is 0.222 e. The van der Waals surface area contributed by atoms with Crippen LogP contribution in [0.2, 0.25) is 4.34 Å². The van der Waals surface area contributed by atoms with Crippen molar-refractivity contribution in [3.63, 3.8) is 0 Å². The van der Waals surface area contributed by atoms with Gasteiger partial charge in [-0.3, -0.25) is 4.79 Å². The van der Waals surface area contributed by atoms with Crippen LogP contribution in [0.5, 0.6) is 0 Å². The van der Waals surface area contributed by atoms with Crippen LogP contribution in [0.15, 0.2) is 12.1 Å². The summed E-state index contributed by atoms with van der Waals surface area (Å²) in [5.41, 5.74) is 0. The van der Waals surface area contributed by atoms with E-state index in [0.29, 0.717) is 17.2 Å². The Labute approximate surface area is 98.3 Å². The molecule has 0 aliphatic carbocycles. The molecule has 0 fully saturated rings. The van der Waals surface area contributed by atoms with Gasteiger partial charge in [-0.05, 0) is 18.6 Å². The van der Waals surface area contributed by atoms with Crippen molar-refractivity contribution in [3.8, 4) is 0 Å². The molecule has 1 heterocycles. The Morgan fingerprint density at radius 1 is 1.60 bits per heavy atom. The van der Waals surface area contributed by atoms with Crippen LogP contribution in [0.25, 0.3) is 0 Å². The van der Waals surface area contributed by atoms with Crippen molar-refractivity contribution < 1.29 is 9.90 Å². The Hall–Kier alpha value is -0.580. The minimum atomic E-state index is -0.591. The van der Waals surface area contributed by atoms with Crippen molar-refractivity contribution >= 4 is 28.8 Å². The van der Waals surface area contributed by atoms with Gasteiger partial charge in [0.25, 0.3) is 0 Å². The Kier molecular flexibility index (Phi) is 4.57. The summed E-state index contributed by atoms with van der Waals surface area (Å²) in [6, 6.07) is 3.54. The average molecular weight is 248 g/mol. The van der Waals surface area contributed by atoms with Crippen LogP contribution in [-0.4, -0.2) is 30.0 Å². The minimum Gasteiger partial charge on any atom is -0.388 e. The largest absolute Gasteiger partial charge is 0.388 e. The van der Waals surface area contributed by atoms with Gasteiger partial charge in [-0.2, -0.15) is 0 Å². The van der Waals surface area contributed by atoms with Crippen LogP contribution in [0.1, 0.15) is 23.8 Å². The number of rotatable bonds is 4. The molecule has 84 valence electrons. The molecule has 1 aromatic rings. The van der Waals surface area contributed by atoms with Crippen molar-refractivity contribution in [1.29, 1.82) is 0 Å². The smallest absolute Gasteiger partial charge is 0.222 e. The van der Waals surface area contributed by atoms with E-state index in [1.165, 1.54) is 16.2 Å². The zero-order valence-corrected chi connectivity index (χ0v) is 10.3. The highest BCUT2D eigenvalue weighted by molar-refractivity contribution is 7.16. The third kappa shape index (κ3) is 3.81. The fourth-order valence-corrected chi connectivity index (χ4v) is 2.21. The van der Waals surface area contributed by atoms with Gasteiger partial charge in [0.1, 0.15) is 0 Å². The summed E-state index contributed by atoms with van der Waals surface area (Å²) in [4.78, 5) is 13.6. The second kappa shape index (κ2) is 5.49. The maximum absolute atomic E-state index is 11.3. The Bertz CT molecular complexity index is 338. The average Bonchev–Trinajstić information content (AvgIpc) is 2.60. The van der Waals surface area contributed by atoms with E-state index in [4.69, 9.17) is 11.6 Å². The van der Waals surface area contributed by atoms with Crippen LogP contribution in [-0.2, 0) is 4.79 Å². The third-order valence-corrected chi connectivity index (χ3v) is 3.39. The molecule has 0 aliphatic rings. The maximum atomic E-state index is 11.3. The number of aliphatic hydroxyl groups excluding tert-OH is 1. The standard InChI is InChI=1S/C10H14ClNO2S/c1-12(2)10(14)6-3-7(13)8-4-5-9(11)15-8/h4-5,7,13H,3,6H2,1-2H3. The molecule has 1 rings (SSSR count). The highest BCUT2D eigenvalue weighted by Gasteiger charge is 2.13. The zero-order chi connectivity index (χ0) is 11.4. The van der Waals surface area contributed by atoms with E-state index in [2.05, 4.69) is 0 Å². The molecule has 1 amide bonds. The van der Waals surface area contributed by atoms with E-state index >= 15 is 0 Å². The van der Waals surface area contributed by atoms with Gasteiger partial charge in [-0.25, -0.2) is 0 Å². The molecule has 1 aromatic heterocycles. The number of carbonyl (C=O) groups is 1. The molecule has 0 saturated heterocycles. The minimum absolute atomic E-state index is 0.0247. The summed E-state index contributed by atoms with van der Waals surface area (Å²) in [6.07, 6.45) is 0.198. The quantitative estimate of drug-likeness (QED) is 0.887. The topological polar surface area (TPSA) is 40.5 Å². The van der Waals surface area contributed by atoms with E-state index < -0.39 is 6.10 Å². The van der Waals surface area contributed by atoms with E-state index in [9.17, 15) is 9.90 Å². The first-order valence-corrected chi connectivity index (χ1v) is 5.83. The van der Waals surface area contributed by atoms with Gasteiger partial charge in [-0.1, -0.05) is 11.6 Å². The second-order valence-corrected chi connectivity index (χ2v) is 5.23. The summed E-state index contributed by atoms with van der Waals surface area (Å²) in [5, 5.41) is 9.75. The second-order valence-electron chi connectivity index (χ2n) is 3.48. The molecule has 5 heteroatoms. The lowest BCUT2D eigenvalue weighted by atomic mass is 10.1. The van der Waals surface area contributed by atoms with E-state index in [-0.39, 0.29) is 5.91 Å². The molecule has 1 unspecified atom stereocenters. The molecular formula is C10H14ClNO2S.